The fraction of sp³-hybridized carbons (Fsp3) is 0.292. The van der Waals surface area contributed by atoms with Crippen LogP contribution in [0.15, 0.2) is 53.2 Å². The molecule has 0 spiro atoms. The number of nitrogens with zero attached hydrogens (tertiary/aromatic N) is 3. The Labute approximate surface area is 196 Å². The third-order valence-corrected chi connectivity index (χ3v) is 6.35. The molecule has 33 heavy (non-hydrogen) atoms. The summed E-state index contributed by atoms with van der Waals surface area (Å²) in [6.07, 6.45) is 4.03. The topological polar surface area (TPSA) is 87.9 Å². The summed E-state index contributed by atoms with van der Waals surface area (Å²) >= 11 is 5.99. The molecule has 3 amide bonds. The quantitative estimate of drug-likeness (QED) is 0.605. The molecule has 0 radical (unpaired) electrons. The van der Waals surface area contributed by atoms with Gasteiger partial charge in [0.15, 0.2) is 12.4 Å². The summed E-state index contributed by atoms with van der Waals surface area (Å²) in [6.45, 7) is 0.629. The first-order chi connectivity index (χ1) is 16.0. The molecule has 0 saturated carbocycles. The van der Waals surface area contributed by atoms with Crippen molar-refractivity contribution in [2.75, 3.05) is 30.4 Å². The molecule has 1 fully saturated rings. The van der Waals surface area contributed by atoms with Crippen molar-refractivity contribution in [1.82, 2.24) is 10.1 Å². The number of rotatable bonds is 4. The molecule has 1 atom stereocenters. The summed E-state index contributed by atoms with van der Waals surface area (Å²) in [5.74, 6) is 1.19. The Kier molecular flexibility index (Phi) is 5.68. The molecule has 1 saturated heterocycles. The highest BCUT2D eigenvalue weighted by molar-refractivity contribution is 6.30. The van der Waals surface area contributed by atoms with Gasteiger partial charge in [-0.2, -0.15) is 0 Å². The molecule has 3 aromatic rings. The van der Waals surface area contributed by atoms with Gasteiger partial charge in [-0.15, -0.1) is 0 Å². The highest BCUT2D eigenvalue weighted by atomic mass is 35.5. The zero-order valence-corrected chi connectivity index (χ0v) is 18.8. The Morgan fingerprint density at radius 2 is 2.06 bits per heavy atom. The maximum atomic E-state index is 13.2. The molecule has 0 aliphatic carbocycles. The lowest BCUT2D eigenvalue weighted by Gasteiger charge is -2.27. The second-order valence-electron chi connectivity index (χ2n) is 8.22. The van der Waals surface area contributed by atoms with Crippen molar-refractivity contribution in [2.24, 2.45) is 0 Å². The van der Waals surface area contributed by atoms with E-state index in [9.17, 15) is 9.59 Å². The summed E-state index contributed by atoms with van der Waals surface area (Å²) in [5, 5.41) is 7.65. The summed E-state index contributed by atoms with van der Waals surface area (Å²) < 4.78 is 11.1. The predicted molar refractivity (Wildman–Crippen MR) is 124 cm³/mol. The molecule has 2 aliphatic rings. The van der Waals surface area contributed by atoms with Crippen LogP contribution in [0.5, 0.6) is 5.75 Å². The third-order valence-electron chi connectivity index (χ3n) is 6.10. The number of halogens is 1. The third kappa shape index (κ3) is 4.26. The summed E-state index contributed by atoms with van der Waals surface area (Å²) in [7, 11) is 1.69. The van der Waals surface area contributed by atoms with E-state index in [-0.39, 0.29) is 24.6 Å². The fourth-order valence-electron chi connectivity index (χ4n) is 4.33. The monoisotopic (exact) mass is 466 g/mol. The van der Waals surface area contributed by atoms with E-state index < -0.39 is 0 Å². The largest absolute Gasteiger partial charge is 0.482 e. The Morgan fingerprint density at radius 1 is 1.24 bits per heavy atom. The van der Waals surface area contributed by atoms with Gasteiger partial charge in [-0.1, -0.05) is 28.9 Å². The smallest absolute Gasteiger partial charge is 0.322 e. The Hall–Kier alpha value is -3.52. The molecule has 1 aromatic heterocycles. The number of likely N-dealkylation sites (tertiary alicyclic amines) is 1. The summed E-state index contributed by atoms with van der Waals surface area (Å²) in [6, 6.07) is 12.5. The first-order valence-electron chi connectivity index (χ1n) is 10.8. The first-order valence-corrected chi connectivity index (χ1v) is 11.2. The standard InChI is InChI=1S/C24H23ClN4O4/c1-28-20-12-18(8-9-21(20)32-14-22(28)30)27-24(31)29-10-2-3-19(29)23-16(13-26-33-23)11-15-4-6-17(25)7-5-15/h4-9,12-13,19H,2-3,10-11,14H2,1H3,(H,27,31)/t19-/m1/s1. The molecule has 0 unspecified atom stereocenters. The minimum Gasteiger partial charge on any atom is -0.482 e. The van der Waals surface area contributed by atoms with Gasteiger partial charge in [0.1, 0.15) is 5.75 Å². The molecule has 8 nitrogen and oxygen atoms in total. The van der Waals surface area contributed by atoms with Gasteiger partial charge < -0.3 is 24.4 Å². The average molecular weight is 467 g/mol. The number of amides is 3. The van der Waals surface area contributed by atoms with Crippen LogP contribution in [-0.4, -0.2) is 42.2 Å². The van der Waals surface area contributed by atoms with E-state index in [0.717, 1.165) is 24.0 Å². The van der Waals surface area contributed by atoms with E-state index in [1.807, 2.05) is 24.3 Å². The Morgan fingerprint density at radius 3 is 2.88 bits per heavy atom. The Bertz CT molecular complexity index is 1190. The van der Waals surface area contributed by atoms with Gasteiger partial charge in [-0.25, -0.2) is 4.79 Å². The van der Waals surface area contributed by atoms with Gasteiger partial charge in [0.25, 0.3) is 5.91 Å². The number of benzene rings is 2. The van der Waals surface area contributed by atoms with Crippen molar-refractivity contribution in [2.45, 2.75) is 25.3 Å². The highest BCUT2D eigenvalue weighted by Gasteiger charge is 2.34. The van der Waals surface area contributed by atoms with Crippen LogP contribution in [0.4, 0.5) is 16.2 Å². The number of aromatic nitrogens is 1. The van der Waals surface area contributed by atoms with Crippen molar-refractivity contribution in [3.63, 3.8) is 0 Å². The van der Waals surface area contributed by atoms with Gasteiger partial charge in [0.2, 0.25) is 0 Å². The number of fused-ring (bicyclic) bond motifs is 1. The van der Waals surface area contributed by atoms with Gasteiger partial charge in [-0.05, 0) is 48.7 Å². The number of hydrogen-bond donors (Lipinski definition) is 1. The maximum absolute atomic E-state index is 13.2. The van der Waals surface area contributed by atoms with Crippen LogP contribution < -0.4 is 15.0 Å². The average Bonchev–Trinajstić information content (AvgIpc) is 3.47. The molecule has 9 heteroatoms. The number of urea groups is 1. The van der Waals surface area contributed by atoms with Crippen molar-refractivity contribution in [3.8, 4) is 5.75 Å². The molecule has 3 heterocycles. The molecule has 5 rings (SSSR count). The summed E-state index contributed by atoms with van der Waals surface area (Å²) in [4.78, 5) is 28.4. The van der Waals surface area contributed by atoms with E-state index in [4.69, 9.17) is 20.9 Å². The van der Waals surface area contributed by atoms with Crippen LogP contribution in [0.1, 0.15) is 35.8 Å². The second-order valence-corrected chi connectivity index (χ2v) is 8.66. The minimum absolute atomic E-state index is 0.0141. The van der Waals surface area contributed by atoms with E-state index in [1.165, 1.54) is 4.90 Å². The van der Waals surface area contributed by atoms with Crippen LogP contribution in [0.3, 0.4) is 0 Å². The Balaban J connectivity index is 1.33. The van der Waals surface area contributed by atoms with Crippen molar-refractivity contribution < 1.29 is 18.8 Å². The highest BCUT2D eigenvalue weighted by Crippen LogP contribution is 2.37. The molecule has 1 N–H and O–H groups in total. The number of nitrogens with one attached hydrogen (secondary N) is 1. The van der Waals surface area contributed by atoms with E-state index in [2.05, 4.69) is 10.5 Å². The zero-order chi connectivity index (χ0) is 22.9. The molecular weight excluding hydrogens is 444 g/mol. The van der Waals surface area contributed by atoms with Gasteiger partial charge in [-0.3, -0.25) is 4.79 Å². The SMILES string of the molecule is CN1C(=O)COc2ccc(NC(=O)N3CCC[C@@H]3c3oncc3Cc3ccc(Cl)cc3)cc21. The molecule has 170 valence electrons. The number of likely N-dealkylation sites (N-methyl/N-ethyl adjacent to an activating group) is 1. The van der Waals surface area contributed by atoms with Crippen LogP contribution in [0, 0.1) is 0 Å². The molecular formula is C24H23ClN4O4. The maximum Gasteiger partial charge on any atom is 0.322 e. The lowest BCUT2D eigenvalue weighted by Crippen LogP contribution is -2.36. The molecule has 2 aliphatic heterocycles. The lowest BCUT2D eigenvalue weighted by molar-refractivity contribution is -0.120. The lowest BCUT2D eigenvalue weighted by atomic mass is 10.0. The van der Waals surface area contributed by atoms with E-state index in [1.54, 1.807) is 36.3 Å². The summed E-state index contributed by atoms with van der Waals surface area (Å²) in [5.41, 5.74) is 3.26. The van der Waals surface area contributed by atoms with Crippen molar-refractivity contribution in [3.05, 3.63) is 70.6 Å². The minimum atomic E-state index is -0.225. The van der Waals surface area contributed by atoms with Crippen LogP contribution in [0.2, 0.25) is 5.02 Å². The fourth-order valence-corrected chi connectivity index (χ4v) is 4.45. The van der Waals surface area contributed by atoms with Gasteiger partial charge in [0, 0.05) is 36.3 Å². The van der Waals surface area contributed by atoms with Crippen molar-refractivity contribution in [1.29, 1.82) is 0 Å². The van der Waals surface area contributed by atoms with Crippen LogP contribution in [-0.2, 0) is 11.2 Å². The zero-order valence-electron chi connectivity index (χ0n) is 18.1. The van der Waals surface area contributed by atoms with Crippen LogP contribution >= 0.6 is 11.6 Å². The predicted octanol–water partition coefficient (Wildman–Crippen LogP) is 4.64. The number of ether oxygens (including phenoxy) is 1. The van der Waals surface area contributed by atoms with Gasteiger partial charge in [0.05, 0.1) is 17.9 Å². The van der Waals surface area contributed by atoms with Crippen LogP contribution in [0.25, 0.3) is 0 Å². The van der Waals surface area contributed by atoms with E-state index >= 15 is 0 Å². The normalized spacial score (nSPS) is 17.6. The van der Waals surface area contributed by atoms with E-state index in [0.29, 0.717) is 40.9 Å². The molecule has 0 bridgehead atoms. The number of carbonyl (C=O) groups excluding carboxylic acids is 2. The molecule has 2 aromatic carbocycles. The first kappa shape index (κ1) is 21.3. The number of anilines is 2. The number of carbonyl (C=O) groups is 2. The second kappa shape index (κ2) is 8.78. The van der Waals surface area contributed by atoms with Crippen molar-refractivity contribution >= 4 is 34.9 Å². The number of hydrogen-bond acceptors (Lipinski definition) is 5. The van der Waals surface area contributed by atoms with Gasteiger partial charge >= 0.3 is 6.03 Å².